The maximum absolute atomic E-state index is 13.5. The van der Waals surface area contributed by atoms with E-state index in [1.165, 1.54) is 32.0 Å². The van der Waals surface area contributed by atoms with Gasteiger partial charge in [-0.05, 0) is 57.2 Å². The van der Waals surface area contributed by atoms with Crippen LogP contribution in [0.25, 0.3) is 55.6 Å². The highest BCUT2D eigenvalue weighted by Gasteiger charge is 2.24. The third-order valence-electron chi connectivity index (χ3n) is 9.85. The van der Waals surface area contributed by atoms with E-state index in [4.69, 9.17) is 33.3 Å². The Labute approximate surface area is 382 Å². The largest absolute Gasteiger partial charge is 0.350 e. The number of hydrogen-bond donors (Lipinski definition) is 2. The third kappa shape index (κ3) is 9.69. The van der Waals surface area contributed by atoms with E-state index in [0.29, 0.717) is 62.7 Å². The fraction of sp³-hybridized carbons (Fsp3) is 0.102. The Morgan fingerprint density at radius 2 is 0.968 bits per heavy atom. The first kappa shape index (κ1) is 43.0. The number of rotatable bonds is 11. The van der Waals surface area contributed by atoms with E-state index in [-0.39, 0.29) is 11.1 Å². The lowest BCUT2D eigenvalue weighted by molar-refractivity contribution is 0.621. The number of thiazole rings is 2. The summed E-state index contributed by atoms with van der Waals surface area (Å²) < 4.78 is 2.95. The van der Waals surface area contributed by atoms with Gasteiger partial charge in [-0.25, -0.2) is 19.3 Å². The number of halogens is 2. The number of anilines is 4. The standard InChI is InChI=1S/C27H21ClN4OS.C22H19ClN4OS/c1-2-32-27(33)25(29-21-15-9-14-20(28)16-21)23(24(31-32)18-10-5-3-6-11-18)22-17-34-26(30-22)19-12-7-4-8-13-19;1-3-27-22(28)21(25-17-11-7-10-16(23)12-17)19(18-13-29-14(2)24-18)20(26-27)15-8-5-4-6-9-15/h3-17,29H,2H2,1H3;4-13,25H,3H2,1-2H3. The highest BCUT2D eigenvalue weighted by atomic mass is 35.5. The number of nitrogens with one attached hydrogen (secondary N) is 2. The first-order valence-corrected chi connectivity index (χ1v) is 22.6. The molecule has 9 aromatic rings. The predicted molar refractivity (Wildman–Crippen MR) is 261 cm³/mol. The molecule has 5 aromatic carbocycles. The summed E-state index contributed by atoms with van der Waals surface area (Å²) in [7, 11) is 0. The molecule has 0 amide bonds. The van der Waals surface area contributed by atoms with Gasteiger partial charge in [-0.1, -0.05) is 126 Å². The summed E-state index contributed by atoms with van der Waals surface area (Å²) in [6.07, 6.45) is 0. The zero-order valence-electron chi connectivity index (χ0n) is 34.4. The average molecular weight is 908 g/mol. The maximum Gasteiger partial charge on any atom is 0.291 e. The van der Waals surface area contributed by atoms with Crippen molar-refractivity contribution in [3.63, 3.8) is 0 Å². The van der Waals surface area contributed by atoms with Crippen molar-refractivity contribution in [1.82, 2.24) is 29.5 Å². The van der Waals surface area contributed by atoms with E-state index in [9.17, 15) is 9.59 Å². The summed E-state index contributed by atoms with van der Waals surface area (Å²) in [5.41, 5.74) is 8.92. The molecule has 4 aromatic heterocycles. The summed E-state index contributed by atoms with van der Waals surface area (Å²) in [6, 6.07) is 44.3. The molecule has 14 heteroatoms. The molecule has 0 atom stereocenters. The van der Waals surface area contributed by atoms with Crippen LogP contribution in [0, 0.1) is 6.92 Å². The first-order valence-electron chi connectivity index (χ1n) is 20.1. The molecule has 0 radical (unpaired) electrons. The molecular formula is C49H40Cl2N8O2S2. The lowest BCUT2D eigenvalue weighted by Gasteiger charge is -2.17. The number of hydrogen-bond acceptors (Lipinski definition) is 10. The summed E-state index contributed by atoms with van der Waals surface area (Å²) in [5, 5.41) is 22.9. The molecule has 0 aliphatic carbocycles. The fourth-order valence-corrected chi connectivity index (χ4v) is 8.70. The van der Waals surface area contributed by atoms with E-state index in [1.54, 1.807) is 24.3 Å². The van der Waals surface area contributed by atoms with Crippen LogP contribution < -0.4 is 21.8 Å². The van der Waals surface area contributed by atoms with E-state index in [0.717, 1.165) is 43.8 Å². The SMILES string of the molecule is CCn1nc(-c2ccccc2)c(-c2csc(-c3ccccc3)n2)c(Nc2cccc(Cl)c2)c1=O.CCn1nc(-c2ccccc2)c(-c2csc(C)n2)c(Nc2cccc(Cl)c2)c1=O. The molecule has 9 rings (SSSR count). The van der Waals surface area contributed by atoms with Crippen molar-refractivity contribution >= 4 is 68.6 Å². The van der Waals surface area contributed by atoms with Crippen LogP contribution in [0.4, 0.5) is 22.7 Å². The lowest BCUT2D eigenvalue weighted by Crippen LogP contribution is -2.26. The van der Waals surface area contributed by atoms with E-state index < -0.39 is 0 Å². The molecule has 0 saturated heterocycles. The monoisotopic (exact) mass is 906 g/mol. The summed E-state index contributed by atoms with van der Waals surface area (Å²) in [4.78, 5) is 36.3. The molecule has 0 bridgehead atoms. The van der Waals surface area contributed by atoms with Gasteiger partial charge in [0, 0.05) is 62.0 Å². The Morgan fingerprint density at radius 1 is 0.540 bits per heavy atom. The van der Waals surface area contributed by atoms with Crippen molar-refractivity contribution in [3.8, 4) is 55.6 Å². The van der Waals surface area contributed by atoms with Crippen molar-refractivity contribution in [1.29, 1.82) is 0 Å². The number of aryl methyl sites for hydroxylation is 3. The highest BCUT2D eigenvalue weighted by molar-refractivity contribution is 7.13. The summed E-state index contributed by atoms with van der Waals surface area (Å²) in [5.74, 6) is 0. The Morgan fingerprint density at radius 3 is 1.38 bits per heavy atom. The minimum absolute atomic E-state index is 0.201. The van der Waals surface area contributed by atoms with Gasteiger partial charge >= 0.3 is 0 Å². The van der Waals surface area contributed by atoms with Crippen molar-refractivity contribution in [2.45, 2.75) is 33.9 Å². The van der Waals surface area contributed by atoms with Crippen LogP contribution in [0.2, 0.25) is 10.0 Å². The number of nitrogens with zero attached hydrogens (tertiary/aromatic N) is 6. The highest BCUT2D eigenvalue weighted by Crippen LogP contribution is 2.39. The van der Waals surface area contributed by atoms with Gasteiger partial charge in [0.15, 0.2) is 0 Å². The molecule has 0 saturated carbocycles. The molecule has 0 fully saturated rings. The van der Waals surface area contributed by atoms with Gasteiger partial charge in [0.1, 0.15) is 27.8 Å². The molecule has 0 aliphatic heterocycles. The van der Waals surface area contributed by atoms with Crippen LogP contribution in [0.5, 0.6) is 0 Å². The molecule has 10 nitrogen and oxygen atoms in total. The second-order valence-corrected chi connectivity index (χ2v) is 16.9. The van der Waals surface area contributed by atoms with Crippen molar-refractivity contribution in [3.05, 3.63) is 186 Å². The Balaban J connectivity index is 0.000000175. The molecule has 0 spiro atoms. The van der Waals surface area contributed by atoms with Gasteiger partial charge in [0.05, 0.1) is 27.5 Å². The zero-order chi connectivity index (χ0) is 43.9. The van der Waals surface area contributed by atoms with Crippen LogP contribution in [-0.4, -0.2) is 29.5 Å². The van der Waals surface area contributed by atoms with Gasteiger partial charge in [-0.3, -0.25) is 9.59 Å². The van der Waals surface area contributed by atoms with Crippen LogP contribution in [0.3, 0.4) is 0 Å². The van der Waals surface area contributed by atoms with Crippen molar-refractivity contribution in [2.75, 3.05) is 10.6 Å². The van der Waals surface area contributed by atoms with Gasteiger partial charge < -0.3 is 10.6 Å². The average Bonchev–Trinajstić information content (AvgIpc) is 3.98. The lowest BCUT2D eigenvalue weighted by atomic mass is 10.0. The van der Waals surface area contributed by atoms with Crippen LogP contribution >= 0.6 is 45.9 Å². The maximum atomic E-state index is 13.5. The Bertz CT molecular complexity index is 3130. The first-order chi connectivity index (χ1) is 30.7. The van der Waals surface area contributed by atoms with Crippen molar-refractivity contribution < 1.29 is 0 Å². The third-order valence-corrected chi connectivity index (χ3v) is 12.0. The molecule has 0 unspecified atom stereocenters. The fourth-order valence-electron chi connectivity index (χ4n) is 6.90. The quantitative estimate of drug-likeness (QED) is 0.132. The van der Waals surface area contributed by atoms with Gasteiger partial charge in [-0.2, -0.15) is 10.2 Å². The van der Waals surface area contributed by atoms with E-state index in [1.807, 2.05) is 147 Å². The number of aromatic nitrogens is 6. The minimum Gasteiger partial charge on any atom is -0.350 e. The molecule has 2 N–H and O–H groups in total. The van der Waals surface area contributed by atoms with E-state index in [2.05, 4.69) is 20.7 Å². The number of benzene rings is 5. The minimum atomic E-state index is -0.216. The van der Waals surface area contributed by atoms with Gasteiger partial charge in [0.2, 0.25) is 0 Å². The second-order valence-electron chi connectivity index (χ2n) is 14.1. The molecular weight excluding hydrogens is 868 g/mol. The topological polar surface area (TPSA) is 120 Å². The molecule has 4 heterocycles. The van der Waals surface area contributed by atoms with E-state index >= 15 is 0 Å². The van der Waals surface area contributed by atoms with Crippen LogP contribution in [0.1, 0.15) is 18.9 Å². The summed E-state index contributed by atoms with van der Waals surface area (Å²) in [6.45, 7) is 6.65. The van der Waals surface area contributed by atoms with Gasteiger partial charge in [-0.15, -0.1) is 22.7 Å². The Hall–Kier alpha value is -6.70. The normalized spacial score (nSPS) is 10.9. The van der Waals surface area contributed by atoms with Crippen molar-refractivity contribution in [2.24, 2.45) is 0 Å². The smallest absolute Gasteiger partial charge is 0.291 e. The van der Waals surface area contributed by atoms with Gasteiger partial charge in [0.25, 0.3) is 11.1 Å². The van der Waals surface area contributed by atoms with Crippen LogP contribution in [-0.2, 0) is 13.1 Å². The molecule has 63 heavy (non-hydrogen) atoms. The zero-order valence-corrected chi connectivity index (χ0v) is 37.6. The molecule has 314 valence electrons. The predicted octanol–water partition coefficient (Wildman–Crippen LogP) is 12.9. The Kier molecular flexibility index (Phi) is 13.3. The second kappa shape index (κ2) is 19.6. The molecule has 0 aliphatic rings. The summed E-state index contributed by atoms with van der Waals surface area (Å²) >= 11 is 15.4. The van der Waals surface area contributed by atoms with Crippen LogP contribution in [0.15, 0.2) is 160 Å².